The summed E-state index contributed by atoms with van der Waals surface area (Å²) in [4.78, 5) is 23.4. The van der Waals surface area contributed by atoms with Gasteiger partial charge in [0.2, 0.25) is 5.75 Å². The van der Waals surface area contributed by atoms with Crippen LogP contribution in [0.25, 0.3) is 11.0 Å². The van der Waals surface area contributed by atoms with Crippen LogP contribution in [0, 0.1) is 0 Å². The van der Waals surface area contributed by atoms with Crippen LogP contribution in [0.2, 0.25) is 0 Å². The number of hydrazone groups is 1. The maximum atomic E-state index is 12.1. The number of benzene rings is 2. The molecule has 150 valence electrons. The van der Waals surface area contributed by atoms with Crippen LogP contribution >= 0.6 is 0 Å². The summed E-state index contributed by atoms with van der Waals surface area (Å²) in [6.07, 6.45) is 1.42. The van der Waals surface area contributed by atoms with Gasteiger partial charge >= 0.3 is 5.97 Å². The predicted octanol–water partition coefficient (Wildman–Crippen LogP) is 1.52. The van der Waals surface area contributed by atoms with E-state index in [4.69, 9.17) is 14.2 Å². The van der Waals surface area contributed by atoms with Crippen molar-refractivity contribution in [2.45, 2.75) is 13.5 Å². The number of nitrogens with one attached hydrogen (secondary N) is 1. The number of fused-ring (bicyclic) bond motifs is 1. The summed E-state index contributed by atoms with van der Waals surface area (Å²) in [6, 6.07) is 10.5. The summed E-state index contributed by atoms with van der Waals surface area (Å²) in [5.41, 5.74) is 4.46. The van der Waals surface area contributed by atoms with Crippen LogP contribution < -0.4 is 19.6 Å². The number of esters is 1. The molecular formula is C19H19N5O5. The van der Waals surface area contributed by atoms with Crippen LogP contribution in [0.1, 0.15) is 12.5 Å². The molecule has 0 spiro atoms. The molecule has 0 aliphatic rings. The van der Waals surface area contributed by atoms with E-state index in [2.05, 4.69) is 20.8 Å². The molecule has 1 N–H and O–H groups in total. The zero-order chi connectivity index (χ0) is 20.8. The van der Waals surface area contributed by atoms with Gasteiger partial charge in [-0.3, -0.25) is 9.59 Å². The van der Waals surface area contributed by atoms with Gasteiger partial charge in [0.25, 0.3) is 5.91 Å². The Morgan fingerprint density at radius 1 is 1.17 bits per heavy atom. The zero-order valence-electron chi connectivity index (χ0n) is 16.1. The zero-order valence-corrected chi connectivity index (χ0v) is 16.1. The molecule has 1 heterocycles. The first-order valence-electron chi connectivity index (χ1n) is 8.56. The number of rotatable bonds is 7. The van der Waals surface area contributed by atoms with Gasteiger partial charge in [-0.05, 0) is 24.3 Å². The summed E-state index contributed by atoms with van der Waals surface area (Å²) in [7, 11) is 2.87. The molecule has 0 radical (unpaired) electrons. The highest BCUT2D eigenvalue weighted by Gasteiger charge is 2.15. The Bertz CT molecular complexity index is 1050. The van der Waals surface area contributed by atoms with Gasteiger partial charge in [-0.2, -0.15) is 5.10 Å². The maximum Gasteiger partial charge on any atom is 0.308 e. The Hall–Kier alpha value is -3.95. The fourth-order valence-corrected chi connectivity index (χ4v) is 2.60. The van der Waals surface area contributed by atoms with E-state index in [1.165, 1.54) is 32.0 Å². The van der Waals surface area contributed by atoms with Gasteiger partial charge in [-0.1, -0.05) is 17.3 Å². The Balaban J connectivity index is 1.70. The van der Waals surface area contributed by atoms with Crippen molar-refractivity contribution in [1.29, 1.82) is 0 Å². The van der Waals surface area contributed by atoms with E-state index in [1.54, 1.807) is 12.1 Å². The molecule has 0 aliphatic heterocycles. The van der Waals surface area contributed by atoms with Crippen molar-refractivity contribution in [2.24, 2.45) is 5.10 Å². The SMILES string of the molecule is COc1cc(C=NNC(=O)Cn2nnc3ccccc32)cc(OC)c1OC(C)=O. The van der Waals surface area contributed by atoms with Crippen molar-refractivity contribution in [3.63, 3.8) is 0 Å². The summed E-state index contributed by atoms with van der Waals surface area (Å²) in [5.74, 6) is -0.118. The minimum Gasteiger partial charge on any atom is -0.493 e. The lowest BCUT2D eigenvalue weighted by Crippen LogP contribution is -2.23. The number of aromatic nitrogens is 3. The number of carbonyl (C=O) groups excluding carboxylic acids is 2. The van der Waals surface area contributed by atoms with E-state index in [0.717, 1.165) is 5.52 Å². The first-order valence-corrected chi connectivity index (χ1v) is 8.56. The second-order valence-electron chi connectivity index (χ2n) is 5.88. The van der Waals surface area contributed by atoms with Gasteiger partial charge in [-0.25, -0.2) is 10.1 Å². The van der Waals surface area contributed by atoms with E-state index in [9.17, 15) is 9.59 Å². The normalized spacial score (nSPS) is 10.9. The first kappa shape index (κ1) is 19.8. The molecule has 0 saturated carbocycles. The van der Waals surface area contributed by atoms with E-state index < -0.39 is 5.97 Å². The molecule has 0 atom stereocenters. The molecule has 1 amide bonds. The molecule has 0 fully saturated rings. The Morgan fingerprint density at radius 2 is 1.86 bits per heavy atom. The van der Waals surface area contributed by atoms with Crippen molar-refractivity contribution < 1.29 is 23.8 Å². The lowest BCUT2D eigenvalue weighted by molar-refractivity contribution is -0.132. The molecule has 1 aromatic heterocycles. The Morgan fingerprint density at radius 3 is 2.52 bits per heavy atom. The second kappa shape index (κ2) is 8.83. The van der Waals surface area contributed by atoms with Gasteiger partial charge in [0, 0.05) is 12.5 Å². The average molecular weight is 397 g/mol. The number of amides is 1. The quantitative estimate of drug-likeness (QED) is 0.278. The topological polar surface area (TPSA) is 117 Å². The van der Waals surface area contributed by atoms with Crippen LogP contribution in [0.3, 0.4) is 0 Å². The maximum absolute atomic E-state index is 12.1. The summed E-state index contributed by atoms with van der Waals surface area (Å²) >= 11 is 0. The monoisotopic (exact) mass is 397 g/mol. The summed E-state index contributed by atoms with van der Waals surface area (Å²) in [6.45, 7) is 1.25. The molecule has 0 unspecified atom stereocenters. The highest BCUT2D eigenvalue weighted by Crippen LogP contribution is 2.38. The third kappa shape index (κ3) is 4.67. The molecule has 3 rings (SSSR count). The molecule has 29 heavy (non-hydrogen) atoms. The molecular weight excluding hydrogens is 378 g/mol. The molecule has 2 aromatic carbocycles. The number of hydrogen-bond acceptors (Lipinski definition) is 8. The molecule has 0 bridgehead atoms. The Kier molecular flexibility index (Phi) is 6.03. The van der Waals surface area contributed by atoms with Gasteiger partial charge in [0.1, 0.15) is 12.1 Å². The van der Waals surface area contributed by atoms with Crippen LogP contribution in [0.5, 0.6) is 17.2 Å². The van der Waals surface area contributed by atoms with Crippen LogP contribution in [0.4, 0.5) is 0 Å². The molecule has 10 heteroatoms. The third-order valence-corrected chi connectivity index (χ3v) is 3.85. The van der Waals surface area contributed by atoms with Crippen LogP contribution in [-0.4, -0.2) is 47.3 Å². The van der Waals surface area contributed by atoms with Crippen molar-refractivity contribution in [1.82, 2.24) is 20.4 Å². The smallest absolute Gasteiger partial charge is 0.308 e. The molecule has 10 nitrogen and oxygen atoms in total. The van der Waals surface area contributed by atoms with E-state index in [1.807, 2.05) is 24.3 Å². The second-order valence-corrected chi connectivity index (χ2v) is 5.88. The molecule has 0 saturated heterocycles. The largest absolute Gasteiger partial charge is 0.493 e. The van der Waals surface area contributed by atoms with Crippen molar-refractivity contribution in [3.8, 4) is 17.2 Å². The minimum absolute atomic E-state index is 0.0319. The lowest BCUT2D eigenvalue weighted by atomic mass is 10.2. The lowest BCUT2D eigenvalue weighted by Gasteiger charge is -2.13. The van der Waals surface area contributed by atoms with Crippen molar-refractivity contribution in [2.75, 3.05) is 14.2 Å². The van der Waals surface area contributed by atoms with E-state index >= 15 is 0 Å². The third-order valence-electron chi connectivity index (χ3n) is 3.85. The van der Waals surface area contributed by atoms with Crippen molar-refractivity contribution in [3.05, 3.63) is 42.0 Å². The number of hydrogen-bond donors (Lipinski definition) is 1. The molecule has 3 aromatic rings. The standard InChI is InChI=1S/C19H19N5O5/c1-12(25)29-19-16(27-2)8-13(9-17(19)28-3)10-20-22-18(26)11-24-15-7-5-4-6-14(15)21-23-24/h4-10H,11H2,1-3H3,(H,22,26). The van der Waals surface area contributed by atoms with E-state index in [0.29, 0.717) is 22.6 Å². The van der Waals surface area contributed by atoms with Crippen LogP contribution in [0.15, 0.2) is 41.5 Å². The number of para-hydroxylation sites is 1. The fraction of sp³-hybridized carbons (Fsp3) is 0.211. The van der Waals surface area contributed by atoms with E-state index in [-0.39, 0.29) is 18.2 Å². The van der Waals surface area contributed by atoms with Crippen molar-refractivity contribution >= 4 is 29.1 Å². The predicted molar refractivity (Wildman–Crippen MR) is 104 cm³/mol. The number of methoxy groups -OCH3 is 2. The van der Waals surface area contributed by atoms with Gasteiger partial charge in [-0.15, -0.1) is 5.10 Å². The minimum atomic E-state index is -0.504. The van der Waals surface area contributed by atoms with Gasteiger partial charge in [0.05, 0.1) is 26.0 Å². The highest BCUT2D eigenvalue weighted by atomic mass is 16.6. The molecule has 0 aliphatic carbocycles. The summed E-state index contributed by atoms with van der Waals surface area (Å²) in [5, 5.41) is 11.9. The number of ether oxygens (including phenoxy) is 3. The highest BCUT2D eigenvalue weighted by molar-refractivity contribution is 5.85. The van der Waals surface area contributed by atoms with Crippen LogP contribution in [-0.2, 0) is 16.1 Å². The average Bonchev–Trinajstić information content (AvgIpc) is 3.11. The summed E-state index contributed by atoms with van der Waals surface area (Å²) < 4.78 is 17.1. The first-order chi connectivity index (χ1) is 14.0. The number of carbonyl (C=O) groups is 2. The van der Waals surface area contributed by atoms with Gasteiger partial charge in [0.15, 0.2) is 11.5 Å². The fourth-order valence-electron chi connectivity index (χ4n) is 2.60. The Labute approximate surface area is 166 Å². The number of nitrogens with zero attached hydrogens (tertiary/aromatic N) is 4. The van der Waals surface area contributed by atoms with Gasteiger partial charge < -0.3 is 14.2 Å².